The number of nitrogens with one attached hydrogen (secondary N) is 1. The number of likely N-dealkylation sites (tertiary alicyclic amines) is 1. The lowest BCUT2D eigenvalue weighted by Gasteiger charge is -2.30. The van der Waals surface area contributed by atoms with Crippen molar-refractivity contribution in [1.82, 2.24) is 15.1 Å². The molecule has 0 aromatic heterocycles. The van der Waals surface area contributed by atoms with Gasteiger partial charge < -0.3 is 10.6 Å². The van der Waals surface area contributed by atoms with Crippen LogP contribution in [0, 0.1) is 0 Å². The molecule has 0 bridgehead atoms. The molecular weight excluding hydrogens is 389 g/mol. The topological polar surface area (TPSA) is 95.7 Å². The predicted octanol–water partition coefficient (Wildman–Crippen LogP) is 0.911. The second-order valence-corrected chi connectivity index (χ2v) is 7.75. The van der Waals surface area contributed by atoms with Gasteiger partial charge in [-0.25, -0.2) is 0 Å². The maximum Gasteiger partial charge on any atom is 0.405 e. The van der Waals surface area contributed by atoms with E-state index in [1.165, 1.54) is 9.80 Å². The van der Waals surface area contributed by atoms with E-state index in [4.69, 9.17) is 5.73 Å². The summed E-state index contributed by atoms with van der Waals surface area (Å²) in [6.07, 6.45) is -3.80. The fraction of sp³-hybridized carbons (Fsp3) is 0.526. The fourth-order valence-electron chi connectivity index (χ4n) is 4.53. The molecule has 156 valence electrons. The first kappa shape index (κ1) is 19.8. The van der Waals surface area contributed by atoms with Crippen LogP contribution in [0.4, 0.5) is 13.2 Å². The molecule has 3 N–H and O–H groups in total. The predicted molar refractivity (Wildman–Crippen MR) is 95.3 cm³/mol. The zero-order valence-electron chi connectivity index (χ0n) is 15.5. The molecule has 3 amide bonds. The minimum Gasteiger partial charge on any atom is -0.326 e. The van der Waals surface area contributed by atoms with Crippen molar-refractivity contribution in [3.63, 3.8) is 0 Å². The summed E-state index contributed by atoms with van der Waals surface area (Å²) in [4.78, 5) is 39.1. The quantitative estimate of drug-likeness (QED) is 0.723. The smallest absolute Gasteiger partial charge is 0.326 e. The summed E-state index contributed by atoms with van der Waals surface area (Å²) in [5.74, 6) is -1.24. The molecule has 7 nitrogen and oxygen atoms in total. The van der Waals surface area contributed by atoms with E-state index in [9.17, 15) is 27.6 Å². The van der Waals surface area contributed by atoms with Crippen molar-refractivity contribution in [2.45, 2.75) is 56.7 Å². The Balaban J connectivity index is 1.58. The molecule has 2 saturated heterocycles. The Morgan fingerprint density at radius 2 is 1.93 bits per heavy atom. The second-order valence-electron chi connectivity index (χ2n) is 7.75. The van der Waals surface area contributed by atoms with Gasteiger partial charge in [0.15, 0.2) is 0 Å². The van der Waals surface area contributed by atoms with Crippen molar-refractivity contribution in [3.05, 3.63) is 34.9 Å². The molecule has 0 spiro atoms. The van der Waals surface area contributed by atoms with Gasteiger partial charge in [-0.05, 0) is 30.0 Å². The van der Waals surface area contributed by atoms with Crippen LogP contribution in [0.5, 0.6) is 0 Å². The van der Waals surface area contributed by atoms with Crippen molar-refractivity contribution in [3.8, 4) is 0 Å². The number of imide groups is 1. The van der Waals surface area contributed by atoms with E-state index in [1.54, 1.807) is 18.2 Å². The number of nitrogens with zero attached hydrogens (tertiary/aromatic N) is 2. The first-order valence-electron chi connectivity index (χ1n) is 9.48. The highest BCUT2D eigenvalue weighted by Gasteiger charge is 2.50. The number of carbonyl (C=O) groups is 3. The number of rotatable bonds is 3. The van der Waals surface area contributed by atoms with E-state index in [1.807, 2.05) is 0 Å². The Labute approximate surface area is 165 Å². The number of piperidine rings is 1. The third-order valence-electron chi connectivity index (χ3n) is 5.94. The minimum absolute atomic E-state index is 0.0253. The molecule has 1 unspecified atom stereocenters. The minimum atomic E-state index is -4.43. The van der Waals surface area contributed by atoms with Gasteiger partial charge >= 0.3 is 6.18 Å². The number of carbonyl (C=O) groups excluding carboxylic acids is 3. The molecule has 3 atom stereocenters. The van der Waals surface area contributed by atoms with E-state index in [0.717, 1.165) is 0 Å². The number of hydrogen-bond donors (Lipinski definition) is 2. The zero-order chi connectivity index (χ0) is 20.9. The van der Waals surface area contributed by atoms with Crippen LogP contribution in [0.15, 0.2) is 18.2 Å². The Bertz CT molecular complexity index is 873. The van der Waals surface area contributed by atoms with E-state index in [-0.39, 0.29) is 50.7 Å². The lowest BCUT2D eigenvalue weighted by Crippen LogP contribution is -2.52. The molecule has 3 heterocycles. The van der Waals surface area contributed by atoms with Crippen molar-refractivity contribution >= 4 is 17.7 Å². The molecule has 1 aromatic carbocycles. The monoisotopic (exact) mass is 410 g/mol. The first-order chi connectivity index (χ1) is 13.7. The standard InChI is InChI=1S/C19H21F3N4O3/c20-19(21,22)16-13(23)6-7-25(16)8-10-2-1-3-11-12(10)9-26(18(11)29)14-4-5-15(27)24-17(14)28/h1-3,13-14,16H,4-9,23H2,(H,24,27,28)/t13-,14?,16-/m1/s1. The van der Waals surface area contributed by atoms with Gasteiger partial charge in [-0.1, -0.05) is 12.1 Å². The van der Waals surface area contributed by atoms with Crippen LogP contribution >= 0.6 is 0 Å². The highest BCUT2D eigenvalue weighted by molar-refractivity contribution is 6.05. The van der Waals surface area contributed by atoms with Gasteiger partial charge in [-0.15, -0.1) is 0 Å². The van der Waals surface area contributed by atoms with E-state index < -0.39 is 30.2 Å². The number of amides is 3. The SMILES string of the molecule is N[C@@H]1CCN(Cc2cccc3c2CN(C2CCC(=O)NC2=O)C3=O)[C@H]1C(F)(F)F. The number of fused-ring (bicyclic) bond motifs is 1. The van der Waals surface area contributed by atoms with Gasteiger partial charge in [0.25, 0.3) is 5.91 Å². The number of benzene rings is 1. The summed E-state index contributed by atoms with van der Waals surface area (Å²) in [5, 5.41) is 2.24. The molecule has 3 aliphatic heterocycles. The molecule has 0 aliphatic carbocycles. The summed E-state index contributed by atoms with van der Waals surface area (Å²) < 4.78 is 40.3. The van der Waals surface area contributed by atoms with Crippen molar-refractivity contribution in [1.29, 1.82) is 0 Å². The third kappa shape index (κ3) is 3.51. The largest absolute Gasteiger partial charge is 0.405 e. The van der Waals surface area contributed by atoms with Crippen LogP contribution in [0.1, 0.15) is 40.7 Å². The molecular formula is C19H21F3N4O3. The second kappa shape index (κ2) is 7.10. The normalized spacial score (nSPS) is 28.1. The molecule has 3 aliphatic rings. The third-order valence-corrected chi connectivity index (χ3v) is 5.94. The summed E-state index contributed by atoms with van der Waals surface area (Å²) in [6.45, 7) is 0.379. The van der Waals surface area contributed by atoms with Gasteiger partial charge in [0.05, 0.1) is 0 Å². The Kier molecular flexibility index (Phi) is 4.86. The summed E-state index contributed by atoms with van der Waals surface area (Å²) in [7, 11) is 0. The van der Waals surface area contributed by atoms with Gasteiger partial charge in [-0.2, -0.15) is 13.2 Å². The van der Waals surface area contributed by atoms with E-state index in [2.05, 4.69) is 5.32 Å². The van der Waals surface area contributed by atoms with Gasteiger partial charge in [-0.3, -0.25) is 24.6 Å². The maximum absolute atomic E-state index is 13.4. The van der Waals surface area contributed by atoms with Gasteiger partial charge in [0.2, 0.25) is 11.8 Å². The number of hydrogen-bond acceptors (Lipinski definition) is 5. The zero-order valence-corrected chi connectivity index (χ0v) is 15.5. The molecule has 2 fully saturated rings. The Morgan fingerprint density at radius 1 is 1.17 bits per heavy atom. The Hall–Kier alpha value is -2.46. The maximum atomic E-state index is 13.4. The van der Waals surface area contributed by atoms with Crippen molar-refractivity contribution in [2.75, 3.05) is 6.54 Å². The van der Waals surface area contributed by atoms with Gasteiger partial charge in [0, 0.05) is 37.7 Å². The highest BCUT2D eigenvalue weighted by Crippen LogP contribution is 2.35. The van der Waals surface area contributed by atoms with E-state index >= 15 is 0 Å². The fourth-order valence-corrected chi connectivity index (χ4v) is 4.53. The van der Waals surface area contributed by atoms with Crippen LogP contribution in [-0.4, -0.2) is 58.4 Å². The molecule has 0 radical (unpaired) electrons. The number of halogens is 3. The van der Waals surface area contributed by atoms with Crippen LogP contribution in [-0.2, 0) is 22.7 Å². The molecule has 10 heteroatoms. The summed E-state index contributed by atoms with van der Waals surface area (Å²) >= 11 is 0. The average molecular weight is 410 g/mol. The first-order valence-corrected chi connectivity index (χ1v) is 9.48. The highest BCUT2D eigenvalue weighted by atomic mass is 19.4. The lowest BCUT2D eigenvalue weighted by atomic mass is 10.0. The van der Waals surface area contributed by atoms with Crippen LogP contribution in [0.3, 0.4) is 0 Å². The van der Waals surface area contributed by atoms with E-state index in [0.29, 0.717) is 16.7 Å². The summed E-state index contributed by atoms with van der Waals surface area (Å²) in [6, 6.07) is 1.50. The number of alkyl halides is 3. The van der Waals surface area contributed by atoms with Crippen LogP contribution in [0.25, 0.3) is 0 Å². The van der Waals surface area contributed by atoms with Crippen LogP contribution < -0.4 is 11.1 Å². The molecule has 29 heavy (non-hydrogen) atoms. The summed E-state index contributed by atoms with van der Waals surface area (Å²) in [5.41, 5.74) is 7.33. The molecule has 1 aromatic rings. The van der Waals surface area contributed by atoms with Crippen molar-refractivity contribution < 1.29 is 27.6 Å². The molecule has 4 rings (SSSR count). The van der Waals surface area contributed by atoms with Gasteiger partial charge in [0.1, 0.15) is 12.1 Å². The van der Waals surface area contributed by atoms with Crippen LogP contribution in [0.2, 0.25) is 0 Å². The number of nitrogens with two attached hydrogens (primary N) is 1. The Morgan fingerprint density at radius 3 is 2.62 bits per heavy atom. The average Bonchev–Trinajstić information content (AvgIpc) is 3.16. The van der Waals surface area contributed by atoms with Crippen molar-refractivity contribution in [2.24, 2.45) is 5.73 Å². The molecule has 0 saturated carbocycles. The lowest BCUT2D eigenvalue weighted by molar-refractivity contribution is -0.180.